The fourth-order valence-electron chi connectivity index (χ4n) is 1.74. The highest BCUT2D eigenvalue weighted by atomic mass is 79.9. The topological polar surface area (TPSA) is 85.1 Å². The van der Waals surface area contributed by atoms with E-state index < -0.39 is 15.8 Å². The van der Waals surface area contributed by atoms with E-state index in [9.17, 15) is 12.8 Å². The van der Waals surface area contributed by atoms with Gasteiger partial charge in [0.05, 0.1) is 17.1 Å². The molecule has 0 unspecified atom stereocenters. The number of hydrogen-bond acceptors (Lipinski definition) is 4. The lowest BCUT2D eigenvalue weighted by Crippen LogP contribution is -2.15. The first-order valence-electron chi connectivity index (χ1n) is 5.92. The highest BCUT2D eigenvalue weighted by Gasteiger charge is 2.21. The number of nitrogens with one attached hydrogen (secondary N) is 1. The van der Waals surface area contributed by atoms with Gasteiger partial charge in [-0.2, -0.15) is 0 Å². The maximum Gasteiger partial charge on any atom is 0.263 e. The lowest BCUT2D eigenvalue weighted by Gasteiger charge is -2.12. The van der Waals surface area contributed by atoms with E-state index in [0.717, 1.165) is 17.8 Å². The van der Waals surface area contributed by atoms with Crippen LogP contribution in [-0.2, 0) is 10.0 Å². The summed E-state index contributed by atoms with van der Waals surface area (Å²) in [5.41, 5.74) is 6.87. The molecule has 0 fully saturated rings. The van der Waals surface area contributed by atoms with E-state index in [-0.39, 0.29) is 15.1 Å². The first-order valence-corrected chi connectivity index (χ1v) is 8.20. The number of nitrogens with two attached hydrogens (primary N) is 1. The number of aryl methyl sites for hydroxylation is 2. The highest BCUT2D eigenvalue weighted by molar-refractivity contribution is 9.10. The van der Waals surface area contributed by atoms with Crippen molar-refractivity contribution >= 4 is 37.3 Å². The first kappa shape index (κ1) is 15.7. The number of rotatable bonds is 3. The van der Waals surface area contributed by atoms with Crippen LogP contribution in [0, 0.1) is 19.7 Å². The van der Waals surface area contributed by atoms with Gasteiger partial charge in [-0.15, -0.1) is 0 Å². The molecule has 1 heterocycles. The third kappa shape index (κ3) is 3.33. The predicted molar refractivity (Wildman–Crippen MR) is 83.0 cm³/mol. The molecule has 0 saturated carbocycles. The summed E-state index contributed by atoms with van der Waals surface area (Å²) in [5, 5.41) is 0. The van der Waals surface area contributed by atoms with Crippen molar-refractivity contribution in [2.75, 3.05) is 10.5 Å². The fraction of sp³-hybridized carbons (Fsp3) is 0.154. The van der Waals surface area contributed by atoms with Crippen molar-refractivity contribution < 1.29 is 12.8 Å². The predicted octanol–water partition coefficient (Wildman–Crippen LogP) is 2.98. The van der Waals surface area contributed by atoms with Crippen LogP contribution in [-0.4, -0.2) is 13.4 Å². The molecule has 2 rings (SSSR count). The average Bonchev–Trinajstić information content (AvgIpc) is 2.37. The number of nitrogens with zero attached hydrogens (tertiary/aromatic N) is 1. The normalized spacial score (nSPS) is 11.4. The molecule has 0 spiro atoms. The van der Waals surface area contributed by atoms with Gasteiger partial charge in [0.2, 0.25) is 0 Å². The SMILES string of the molecule is Cc1ccc(NS(=O)(=O)c2cc(N)c(F)cc2Br)c(C)n1. The van der Waals surface area contributed by atoms with Crippen LogP contribution in [0.15, 0.2) is 33.6 Å². The minimum Gasteiger partial charge on any atom is -0.396 e. The second-order valence-corrected chi connectivity index (χ2v) is 7.00. The number of pyridine rings is 1. The van der Waals surface area contributed by atoms with Gasteiger partial charge in [-0.3, -0.25) is 9.71 Å². The molecular formula is C13H13BrFN3O2S. The molecule has 0 amide bonds. The lowest BCUT2D eigenvalue weighted by molar-refractivity contribution is 0.599. The molecule has 0 radical (unpaired) electrons. The molecule has 21 heavy (non-hydrogen) atoms. The Balaban J connectivity index is 2.46. The summed E-state index contributed by atoms with van der Waals surface area (Å²) in [4.78, 5) is 4.04. The zero-order valence-electron chi connectivity index (χ0n) is 11.3. The number of halogens is 2. The lowest BCUT2D eigenvalue weighted by atomic mass is 10.3. The second-order valence-electron chi connectivity index (χ2n) is 4.50. The van der Waals surface area contributed by atoms with Gasteiger partial charge in [-0.1, -0.05) is 0 Å². The summed E-state index contributed by atoms with van der Waals surface area (Å²) in [6, 6.07) is 5.40. The van der Waals surface area contributed by atoms with Crippen LogP contribution < -0.4 is 10.5 Å². The maximum absolute atomic E-state index is 13.3. The summed E-state index contributed by atoms with van der Waals surface area (Å²) in [5.74, 6) is -0.686. The number of nitrogen functional groups attached to an aromatic ring is 1. The molecule has 0 aliphatic carbocycles. The Labute approximate surface area is 130 Å². The summed E-state index contributed by atoms with van der Waals surface area (Å²) < 4.78 is 40.6. The van der Waals surface area contributed by atoms with Gasteiger partial charge in [0.25, 0.3) is 10.0 Å². The van der Waals surface area contributed by atoms with Gasteiger partial charge in [0.15, 0.2) is 0 Å². The molecule has 8 heteroatoms. The molecule has 1 aromatic carbocycles. The standard InChI is InChI=1S/C13H13BrFN3O2S/c1-7-3-4-12(8(2)17-7)18-21(19,20)13-6-11(16)10(15)5-9(13)14/h3-6,18H,16H2,1-2H3. The fourth-order valence-corrected chi connectivity index (χ4v) is 3.91. The average molecular weight is 374 g/mol. The zero-order valence-corrected chi connectivity index (χ0v) is 13.7. The quantitative estimate of drug-likeness (QED) is 0.809. The minimum atomic E-state index is -3.90. The monoisotopic (exact) mass is 373 g/mol. The molecule has 0 atom stereocenters. The van der Waals surface area contributed by atoms with Crippen LogP contribution in [0.3, 0.4) is 0 Å². The second kappa shape index (κ2) is 5.61. The van der Waals surface area contributed by atoms with Crippen LogP contribution in [0.5, 0.6) is 0 Å². The van der Waals surface area contributed by atoms with Crippen molar-refractivity contribution in [2.24, 2.45) is 0 Å². The Bertz CT molecular complexity index is 809. The smallest absolute Gasteiger partial charge is 0.263 e. The van der Waals surface area contributed by atoms with E-state index in [2.05, 4.69) is 25.6 Å². The van der Waals surface area contributed by atoms with Crippen molar-refractivity contribution in [3.05, 3.63) is 45.9 Å². The van der Waals surface area contributed by atoms with Gasteiger partial charge < -0.3 is 5.73 Å². The molecular weight excluding hydrogens is 361 g/mol. The Morgan fingerprint density at radius 2 is 1.95 bits per heavy atom. The van der Waals surface area contributed by atoms with E-state index in [4.69, 9.17) is 5.73 Å². The maximum atomic E-state index is 13.3. The zero-order chi connectivity index (χ0) is 15.8. The van der Waals surface area contributed by atoms with Gasteiger partial charge in [-0.25, -0.2) is 12.8 Å². The van der Waals surface area contributed by atoms with Crippen molar-refractivity contribution in [1.82, 2.24) is 4.98 Å². The van der Waals surface area contributed by atoms with Gasteiger partial charge in [0, 0.05) is 10.2 Å². The molecule has 0 bridgehead atoms. The van der Waals surface area contributed by atoms with Gasteiger partial charge in [-0.05, 0) is 54.0 Å². The molecule has 3 N–H and O–H groups in total. The molecule has 1 aromatic heterocycles. The first-order chi connectivity index (χ1) is 9.70. The van der Waals surface area contributed by atoms with E-state index in [1.54, 1.807) is 19.1 Å². The Hall–Kier alpha value is -1.67. The van der Waals surface area contributed by atoms with Crippen molar-refractivity contribution in [3.8, 4) is 0 Å². The Morgan fingerprint density at radius 3 is 2.57 bits per heavy atom. The summed E-state index contributed by atoms with van der Waals surface area (Å²) >= 11 is 3.03. The van der Waals surface area contributed by atoms with Crippen LogP contribution >= 0.6 is 15.9 Å². The van der Waals surface area contributed by atoms with Gasteiger partial charge >= 0.3 is 0 Å². The van der Waals surface area contributed by atoms with Crippen LogP contribution in [0.2, 0.25) is 0 Å². The summed E-state index contributed by atoms with van der Waals surface area (Å²) in [7, 11) is -3.90. The van der Waals surface area contributed by atoms with Crippen molar-refractivity contribution in [2.45, 2.75) is 18.7 Å². The number of benzene rings is 1. The summed E-state index contributed by atoms with van der Waals surface area (Å²) in [6.45, 7) is 3.50. The molecule has 0 saturated heterocycles. The van der Waals surface area contributed by atoms with E-state index in [0.29, 0.717) is 11.4 Å². The number of aromatic nitrogens is 1. The minimum absolute atomic E-state index is 0.0967. The summed E-state index contributed by atoms with van der Waals surface area (Å²) in [6.07, 6.45) is 0. The largest absolute Gasteiger partial charge is 0.396 e. The van der Waals surface area contributed by atoms with Crippen LogP contribution in [0.25, 0.3) is 0 Å². The number of sulfonamides is 1. The Morgan fingerprint density at radius 1 is 1.29 bits per heavy atom. The van der Waals surface area contributed by atoms with Crippen molar-refractivity contribution in [3.63, 3.8) is 0 Å². The van der Waals surface area contributed by atoms with Crippen LogP contribution in [0.4, 0.5) is 15.8 Å². The molecule has 0 aliphatic heterocycles. The Kier molecular flexibility index (Phi) is 4.20. The molecule has 0 aliphatic rings. The van der Waals surface area contributed by atoms with Crippen molar-refractivity contribution in [1.29, 1.82) is 0 Å². The van der Waals surface area contributed by atoms with Gasteiger partial charge in [0.1, 0.15) is 10.7 Å². The molecule has 2 aromatic rings. The van der Waals surface area contributed by atoms with E-state index in [1.807, 2.05) is 6.92 Å². The number of anilines is 2. The third-order valence-corrected chi connectivity index (χ3v) is 5.13. The van der Waals surface area contributed by atoms with E-state index >= 15 is 0 Å². The van der Waals surface area contributed by atoms with Crippen LogP contribution in [0.1, 0.15) is 11.4 Å². The molecule has 5 nitrogen and oxygen atoms in total. The number of hydrogen-bond donors (Lipinski definition) is 2. The molecule has 112 valence electrons. The third-order valence-electron chi connectivity index (χ3n) is 2.81. The highest BCUT2D eigenvalue weighted by Crippen LogP contribution is 2.28. The van der Waals surface area contributed by atoms with E-state index in [1.165, 1.54) is 0 Å².